The van der Waals surface area contributed by atoms with Gasteiger partial charge in [-0.25, -0.2) is 9.18 Å². The molecule has 1 atom stereocenters. The van der Waals surface area contributed by atoms with Crippen LogP contribution in [-0.4, -0.2) is 21.5 Å². The van der Waals surface area contributed by atoms with E-state index in [1.54, 1.807) is 30.3 Å². The van der Waals surface area contributed by atoms with Crippen LogP contribution in [0.2, 0.25) is 0 Å². The van der Waals surface area contributed by atoms with Crippen LogP contribution in [0, 0.1) is 5.82 Å². The quantitative estimate of drug-likeness (QED) is 0.314. The van der Waals surface area contributed by atoms with Gasteiger partial charge in [0.15, 0.2) is 0 Å². The fourth-order valence-electron chi connectivity index (χ4n) is 3.30. The van der Waals surface area contributed by atoms with Crippen molar-refractivity contribution < 1.29 is 31.5 Å². The van der Waals surface area contributed by atoms with E-state index in [0.717, 1.165) is 6.92 Å². The zero-order valence-corrected chi connectivity index (χ0v) is 17.1. The van der Waals surface area contributed by atoms with Gasteiger partial charge in [-0.3, -0.25) is 0 Å². The Balaban J connectivity index is 1.58. The largest absolute Gasteiger partial charge is 0.426 e. The number of aromatic nitrogens is 2. The number of hydrogen-bond acceptors (Lipinski definition) is 7. The summed E-state index contributed by atoms with van der Waals surface area (Å²) >= 11 is 0. The van der Waals surface area contributed by atoms with Crippen molar-refractivity contribution in [3.8, 4) is 11.1 Å². The van der Waals surface area contributed by atoms with Gasteiger partial charge in [-0.05, 0) is 41.3 Å². The van der Waals surface area contributed by atoms with Crippen molar-refractivity contribution in [2.24, 2.45) is 0 Å². The third kappa shape index (κ3) is 4.31. The Bertz CT molecular complexity index is 1350. The second-order valence-corrected chi connectivity index (χ2v) is 7.29. The molecule has 33 heavy (non-hydrogen) atoms. The van der Waals surface area contributed by atoms with Gasteiger partial charge in [0.2, 0.25) is 5.60 Å². The van der Waals surface area contributed by atoms with Crippen molar-refractivity contribution in [3.63, 3.8) is 0 Å². The normalized spacial score (nSPS) is 13.8. The van der Waals surface area contributed by atoms with Crippen LogP contribution < -0.4 is 10.9 Å². The molecule has 172 valence electrons. The molecule has 2 heterocycles. The predicted octanol–water partition coefficient (Wildman–Crippen LogP) is 4.75. The lowest BCUT2D eigenvalue weighted by Gasteiger charge is -2.25. The second-order valence-electron chi connectivity index (χ2n) is 7.29. The van der Waals surface area contributed by atoms with Gasteiger partial charge >= 0.3 is 17.8 Å². The molecular weight excluding hydrogens is 446 g/mol. The average Bonchev–Trinajstić information content (AvgIpc) is 3.25. The number of nitrogens with one attached hydrogen (secondary N) is 1. The summed E-state index contributed by atoms with van der Waals surface area (Å²) in [5, 5.41) is 20.0. The third-order valence-electron chi connectivity index (χ3n) is 5.17. The van der Waals surface area contributed by atoms with Crippen LogP contribution in [0.15, 0.2) is 62.2 Å². The van der Waals surface area contributed by atoms with E-state index >= 15 is 0 Å². The molecule has 0 unspecified atom stereocenters. The van der Waals surface area contributed by atoms with Crippen molar-refractivity contribution in [3.05, 3.63) is 76.2 Å². The Morgan fingerprint density at radius 1 is 1.03 bits per heavy atom. The lowest BCUT2D eigenvalue weighted by atomic mass is 10.0. The van der Waals surface area contributed by atoms with Gasteiger partial charge in [-0.15, -0.1) is 5.10 Å². The number of hydrogen-bond donors (Lipinski definition) is 2. The monoisotopic (exact) mass is 463 g/mol. The van der Waals surface area contributed by atoms with E-state index in [1.165, 1.54) is 18.2 Å². The lowest BCUT2D eigenvalue weighted by Crippen LogP contribution is -2.42. The van der Waals surface area contributed by atoms with Gasteiger partial charge in [0.05, 0.1) is 0 Å². The molecule has 2 aromatic heterocycles. The molecule has 11 heteroatoms. The molecule has 0 radical (unpaired) electrons. The fraction of sp³-hybridized carbons (Fsp3) is 0.227. The number of rotatable bonds is 6. The Labute approximate surface area is 183 Å². The molecular formula is C22H17F4N3O4. The lowest BCUT2D eigenvalue weighted by molar-refractivity contribution is -0.275. The highest BCUT2D eigenvalue weighted by Crippen LogP contribution is 2.41. The maximum Gasteiger partial charge on any atom is 0.426 e. The predicted molar refractivity (Wildman–Crippen MR) is 110 cm³/mol. The first-order valence-electron chi connectivity index (χ1n) is 9.80. The molecule has 2 N–H and O–H groups in total. The molecule has 2 aromatic carbocycles. The van der Waals surface area contributed by atoms with Crippen LogP contribution in [-0.2, 0) is 12.1 Å². The molecule has 0 saturated carbocycles. The number of fused-ring (bicyclic) bond motifs is 1. The maximum absolute atomic E-state index is 13.2. The zero-order valence-electron chi connectivity index (χ0n) is 17.1. The number of benzene rings is 2. The van der Waals surface area contributed by atoms with E-state index in [2.05, 4.69) is 15.5 Å². The molecule has 0 aliphatic carbocycles. The van der Waals surface area contributed by atoms with Crippen molar-refractivity contribution in [1.29, 1.82) is 0 Å². The summed E-state index contributed by atoms with van der Waals surface area (Å²) in [6.45, 7) is 1.20. The van der Waals surface area contributed by atoms with Crippen LogP contribution >= 0.6 is 0 Å². The Hall–Kier alpha value is -3.73. The van der Waals surface area contributed by atoms with Gasteiger partial charge in [0.25, 0.3) is 5.89 Å². The first-order chi connectivity index (χ1) is 15.6. The number of anilines is 1. The Morgan fingerprint density at radius 3 is 2.42 bits per heavy atom. The smallest absolute Gasteiger partial charge is 0.423 e. The first-order valence-corrected chi connectivity index (χ1v) is 9.80. The molecule has 7 nitrogen and oxygen atoms in total. The van der Waals surface area contributed by atoms with Crippen molar-refractivity contribution >= 4 is 17.0 Å². The molecule has 0 spiro atoms. The molecule has 0 bridgehead atoms. The highest BCUT2D eigenvalue weighted by atomic mass is 19.4. The van der Waals surface area contributed by atoms with Crippen LogP contribution in [0.1, 0.15) is 24.8 Å². The third-order valence-corrected chi connectivity index (χ3v) is 5.17. The van der Waals surface area contributed by atoms with E-state index in [9.17, 15) is 27.5 Å². The molecule has 0 aliphatic heterocycles. The topological polar surface area (TPSA) is 101 Å². The molecule has 0 saturated heterocycles. The summed E-state index contributed by atoms with van der Waals surface area (Å²) in [7, 11) is 0. The van der Waals surface area contributed by atoms with Gasteiger partial charge in [0, 0.05) is 18.0 Å². The van der Waals surface area contributed by atoms with Crippen molar-refractivity contribution in [1.82, 2.24) is 10.2 Å². The molecule has 4 aromatic rings. The summed E-state index contributed by atoms with van der Waals surface area (Å²) in [6.07, 6.45) is -5.68. The molecule has 0 fully saturated rings. The first kappa shape index (κ1) is 22.5. The Kier molecular flexibility index (Phi) is 5.66. The summed E-state index contributed by atoms with van der Waals surface area (Å²) in [5.74, 6) is -1.37. The summed E-state index contributed by atoms with van der Waals surface area (Å²) < 4.78 is 63.0. The highest BCUT2D eigenvalue weighted by molar-refractivity contribution is 5.93. The van der Waals surface area contributed by atoms with Crippen LogP contribution in [0.25, 0.3) is 22.1 Å². The highest BCUT2D eigenvalue weighted by Gasteiger charge is 2.57. The molecule has 0 amide bonds. The Morgan fingerprint density at radius 2 is 1.76 bits per heavy atom. The average molecular weight is 463 g/mol. The summed E-state index contributed by atoms with van der Waals surface area (Å²) in [6, 6.07) is 11.6. The van der Waals surface area contributed by atoms with Crippen LogP contribution in [0.4, 0.5) is 23.6 Å². The van der Waals surface area contributed by atoms with Crippen molar-refractivity contribution in [2.45, 2.75) is 31.7 Å². The van der Waals surface area contributed by atoms with Gasteiger partial charge in [-0.2, -0.15) is 13.2 Å². The maximum atomic E-state index is 13.2. The van der Waals surface area contributed by atoms with E-state index in [-0.39, 0.29) is 18.1 Å². The number of nitrogens with zero attached hydrogens (tertiary/aromatic N) is 2. The number of alkyl halides is 3. The van der Waals surface area contributed by atoms with Crippen molar-refractivity contribution in [2.75, 3.05) is 5.32 Å². The summed E-state index contributed by atoms with van der Waals surface area (Å²) in [5.41, 5.74) is -1.78. The van der Waals surface area contributed by atoms with Gasteiger partial charge in [0.1, 0.15) is 11.4 Å². The van der Waals surface area contributed by atoms with Gasteiger partial charge in [-0.1, -0.05) is 36.3 Å². The van der Waals surface area contributed by atoms with Crippen LogP contribution in [0.3, 0.4) is 0 Å². The van der Waals surface area contributed by atoms with E-state index in [0.29, 0.717) is 22.1 Å². The van der Waals surface area contributed by atoms with E-state index in [1.807, 2.05) is 0 Å². The van der Waals surface area contributed by atoms with E-state index < -0.39 is 35.5 Å². The minimum atomic E-state index is -4.98. The second kappa shape index (κ2) is 8.32. The van der Waals surface area contributed by atoms with Gasteiger partial charge < -0.3 is 19.3 Å². The minimum Gasteiger partial charge on any atom is -0.423 e. The molecule has 4 rings (SSSR count). The SMILES string of the molecule is CC[C@@](O)(c1nnc(NCc2ccc3c(-c4ccc(F)cc4)cc(=O)oc3c2)o1)C(F)(F)F. The number of halogens is 4. The standard InChI is InChI=1S/C22H17F4N3O4/c1-2-21(31,22(24,25)26)19-28-29-20(33-19)27-11-12-3-8-15-16(10-18(30)32-17(15)9-12)13-4-6-14(23)7-5-13/h3-10,31H,2,11H2,1H3,(H,27,29)/t21-/m1/s1. The molecule has 0 aliphatic rings. The summed E-state index contributed by atoms with van der Waals surface area (Å²) in [4.78, 5) is 12.0. The minimum absolute atomic E-state index is 0.0542. The zero-order chi connectivity index (χ0) is 23.8. The number of aliphatic hydroxyl groups is 1. The van der Waals surface area contributed by atoms with Crippen LogP contribution in [0.5, 0.6) is 0 Å². The van der Waals surface area contributed by atoms with E-state index in [4.69, 9.17) is 8.83 Å². The fourth-order valence-corrected chi connectivity index (χ4v) is 3.30.